The van der Waals surface area contributed by atoms with Crippen LogP contribution in [0.1, 0.15) is 45.0 Å². The number of hydrogen-bond acceptors (Lipinski definition) is 31. The topological polar surface area (TPSA) is 572 Å². The van der Waals surface area contributed by atoms with Crippen LogP contribution in [0.5, 0.6) is 0 Å². The van der Waals surface area contributed by atoms with Crippen molar-refractivity contribution in [3.63, 3.8) is 0 Å². The Hall–Kier alpha value is -10.7. The number of aromatic nitrogens is 20. The molecule has 564 valence electrons. The van der Waals surface area contributed by atoms with Gasteiger partial charge in [0.2, 0.25) is 17.8 Å². The van der Waals surface area contributed by atoms with E-state index in [1.165, 1.54) is 24.7 Å². The third-order valence-corrected chi connectivity index (χ3v) is 17.7. The van der Waals surface area contributed by atoms with Crippen LogP contribution in [0.2, 0.25) is 0 Å². The van der Waals surface area contributed by atoms with Gasteiger partial charge in [0.15, 0.2) is 135 Å². The Bertz CT molecular complexity index is 5200. The average molecular weight is 1500 g/mol. The van der Waals surface area contributed by atoms with Crippen LogP contribution in [0.25, 0.3) is 55.8 Å². The molecular formula is C58H57F8N21O19. The lowest BCUT2D eigenvalue weighted by atomic mass is 9.98. The number of rotatable bonds is 10. The molecule has 0 bridgehead atoms. The molecular weight excluding hydrogens is 1450 g/mol. The number of imidazole rings is 5. The van der Waals surface area contributed by atoms with Gasteiger partial charge < -0.3 is 85.5 Å². The minimum Gasteiger partial charge on any atom is -0.393 e. The smallest absolute Gasteiger partial charge is 0.349 e. The van der Waals surface area contributed by atoms with Gasteiger partial charge in [-0.25, -0.2) is 66.6 Å². The van der Waals surface area contributed by atoms with Crippen molar-refractivity contribution in [3.05, 3.63) is 104 Å². The fourth-order valence-electron chi connectivity index (χ4n) is 11.7. The summed E-state index contributed by atoms with van der Waals surface area (Å²) in [7, 11) is 0. The van der Waals surface area contributed by atoms with Crippen molar-refractivity contribution in [1.82, 2.24) is 97.6 Å². The van der Waals surface area contributed by atoms with Crippen molar-refractivity contribution in [1.29, 1.82) is 0 Å². The molecule has 20 atom stereocenters. The molecule has 5 fully saturated rings. The summed E-state index contributed by atoms with van der Waals surface area (Å²) in [5.41, 5.74) is -7.08. The summed E-state index contributed by atoms with van der Waals surface area (Å²) in [6, 6.07) is 0. The summed E-state index contributed by atoms with van der Waals surface area (Å²) in [4.78, 5) is 95.1. The first-order chi connectivity index (χ1) is 50.2. The average Bonchev–Trinajstić information content (AvgIpc) is 1.62. The van der Waals surface area contributed by atoms with Gasteiger partial charge in [-0.3, -0.25) is 52.2 Å². The highest BCUT2D eigenvalue weighted by Gasteiger charge is 2.59. The van der Waals surface area contributed by atoms with E-state index in [1.807, 2.05) is 15.9 Å². The number of nitrogens with zero attached hydrogens (tertiary/aromatic N) is 16. The van der Waals surface area contributed by atoms with E-state index < -0.39 is 194 Å². The maximum atomic E-state index is 14.4. The van der Waals surface area contributed by atoms with Gasteiger partial charge >= 0.3 is 5.69 Å². The van der Waals surface area contributed by atoms with Crippen molar-refractivity contribution in [2.24, 2.45) is 0 Å². The standard InChI is InChI=1S/C12H10F2N4O4.C12H12FN5O4.C12H11FN4O4.C11H12F2N4O4.C11H12F2N4O3/c2*1-2-12(3-19)7(20)5(13)10(22-12)18-4-15-6-8(18)16-11(14)17-9(6)21;1-2-12(3-18)8(19)6(13)11(21-12)17-5-16-7-9(17)14-4-15-10(7)20;1-11(2-18)6(19)4(12)9(21-11)17-3-14-5-7(13)15-10(20)16-8(5)17;1-11(2-18)7(19)5(12)10(20-11)17-4-16-6-8(13)14-3-15-9(6)17/h1,4-5,7,10,19-20H,3H2,(H,16,17,21);1,4-5,7,10,19-20H,3H2,(H3,14,16,17,21);1,4-6,8,11,18-19H,3H2,(H,14,15,20);3-4,6,9,18-19H,2H2,1H3,(H,15,16,20);3-5,7,10,18-19H,2H2,1H3. The summed E-state index contributed by atoms with van der Waals surface area (Å²) >= 11 is 0. The monoisotopic (exact) mass is 1500 g/mol. The number of nitrogens with one attached hydrogen (secondary N) is 4. The van der Waals surface area contributed by atoms with Crippen molar-refractivity contribution in [3.8, 4) is 37.0 Å². The Morgan fingerprint density at radius 2 is 0.811 bits per heavy atom. The van der Waals surface area contributed by atoms with Gasteiger partial charge in [0.05, 0.1) is 71.0 Å². The first-order valence-corrected chi connectivity index (χ1v) is 30.4. The fraction of sp³-hybridized carbons (Fsp3) is 0.466. The molecule has 48 heteroatoms. The molecule has 0 aromatic carbocycles. The molecule has 20 unspecified atom stereocenters. The molecule has 15 rings (SSSR count). The SMILES string of the molecule is C#CC1(CO)OC(n2cnc3c(=O)[nH]c(F)nc32)C(F)C1O.C#CC1(CO)OC(n2cnc3c(=O)[nH]c(N)nc32)C(F)C1O.C#CC1(CO)OC(n2cnc3c(=O)[nH]cnc32)C(F)C1O.CC1(CO)OC(n2cnc3c(F)[nH]c(=O)nc32)C(F)C1O.CC1(CO)OC(n2cnc3c(F)ncnc32)C(F)C1O. The number of H-pyrrole nitrogens is 4. The molecule has 5 saturated heterocycles. The summed E-state index contributed by atoms with van der Waals surface area (Å²) in [5.74, 6) is 4.14. The maximum Gasteiger partial charge on any atom is 0.349 e. The second kappa shape index (κ2) is 29.0. The Morgan fingerprint density at radius 3 is 1.22 bits per heavy atom. The Morgan fingerprint density at radius 1 is 0.453 bits per heavy atom. The van der Waals surface area contributed by atoms with E-state index in [4.69, 9.17) is 48.7 Å². The van der Waals surface area contributed by atoms with Crippen LogP contribution in [0, 0.1) is 55.0 Å². The van der Waals surface area contributed by atoms with E-state index in [2.05, 4.69) is 76.6 Å². The molecule has 0 spiro atoms. The van der Waals surface area contributed by atoms with Gasteiger partial charge in [0.1, 0.15) is 48.0 Å². The molecule has 0 amide bonds. The van der Waals surface area contributed by atoms with Crippen LogP contribution >= 0.6 is 0 Å². The first-order valence-electron chi connectivity index (χ1n) is 30.4. The molecule has 5 aliphatic rings. The molecule has 5 aliphatic heterocycles. The Labute approximate surface area is 581 Å². The number of aromatic amines is 4. The summed E-state index contributed by atoms with van der Waals surface area (Å²) in [6.45, 7) is -0.784. The molecule has 15 heterocycles. The number of ether oxygens (including phenoxy) is 5. The number of aliphatic hydroxyl groups is 10. The van der Waals surface area contributed by atoms with Crippen LogP contribution in [0.3, 0.4) is 0 Å². The predicted octanol–water partition coefficient (Wildman–Crippen LogP) is -4.96. The second-order valence-corrected chi connectivity index (χ2v) is 24.2. The second-order valence-electron chi connectivity index (χ2n) is 24.2. The van der Waals surface area contributed by atoms with E-state index in [0.717, 1.165) is 56.2 Å². The highest BCUT2D eigenvalue weighted by molar-refractivity contribution is 5.72. The van der Waals surface area contributed by atoms with E-state index >= 15 is 0 Å². The minimum atomic E-state index is -2.04. The zero-order valence-corrected chi connectivity index (χ0v) is 53.9. The number of fused-ring (bicyclic) bond motifs is 5. The molecule has 0 aliphatic carbocycles. The normalized spacial score (nSPS) is 32.4. The number of halogens is 8. The lowest BCUT2D eigenvalue weighted by Crippen LogP contribution is -2.44. The molecule has 10 aromatic heterocycles. The van der Waals surface area contributed by atoms with Crippen LogP contribution < -0.4 is 28.1 Å². The van der Waals surface area contributed by atoms with Crippen molar-refractivity contribution in [2.45, 2.75) is 134 Å². The molecule has 40 nitrogen and oxygen atoms in total. The predicted molar refractivity (Wildman–Crippen MR) is 334 cm³/mol. The zero-order valence-electron chi connectivity index (χ0n) is 53.9. The van der Waals surface area contributed by atoms with Crippen LogP contribution in [-0.4, -0.2) is 271 Å². The zero-order chi connectivity index (χ0) is 77.2. The van der Waals surface area contributed by atoms with Gasteiger partial charge in [-0.2, -0.15) is 28.1 Å². The fourth-order valence-corrected chi connectivity index (χ4v) is 11.7. The van der Waals surface area contributed by atoms with Crippen molar-refractivity contribution in [2.75, 3.05) is 38.8 Å². The van der Waals surface area contributed by atoms with Gasteiger partial charge in [0, 0.05) is 0 Å². The highest BCUT2D eigenvalue weighted by Crippen LogP contribution is 2.44. The van der Waals surface area contributed by atoms with E-state index in [0.29, 0.717) is 0 Å². The molecule has 10 aromatic rings. The van der Waals surface area contributed by atoms with E-state index in [1.54, 1.807) is 0 Å². The van der Waals surface area contributed by atoms with Crippen LogP contribution in [0.15, 0.2) is 63.5 Å². The summed E-state index contributed by atoms with van der Waals surface area (Å²) < 4.78 is 144. The summed E-state index contributed by atoms with van der Waals surface area (Å²) in [5, 5.41) is 95.6. The third-order valence-electron chi connectivity index (χ3n) is 17.7. The Kier molecular flexibility index (Phi) is 20.9. The van der Waals surface area contributed by atoms with E-state index in [9.17, 15) is 105 Å². The van der Waals surface area contributed by atoms with Gasteiger partial charge in [0.25, 0.3) is 22.8 Å². The van der Waals surface area contributed by atoms with Crippen molar-refractivity contribution < 1.29 is 110 Å². The van der Waals surface area contributed by atoms with Gasteiger partial charge in [-0.15, -0.1) is 19.3 Å². The molecule has 16 N–H and O–H groups in total. The van der Waals surface area contributed by atoms with Crippen LogP contribution in [-0.2, 0) is 23.7 Å². The largest absolute Gasteiger partial charge is 0.393 e. The molecule has 0 saturated carbocycles. The Balaban J connectivity index is 0.000000132. The number of hydrogen-bond donors (Lipinski definition) is 15. The molecule has 0 radical (unpaired) electrons. The number of nitrogens with two attached hydrogens (primary N) is 1. The quantitative estimate of drug-likeness (QED) is 0.0264. The number of aliphatic hydroxyl groups excluding tert-OH is 10. The third kappa shape index (κ3) is 12.8. The maximum absolute atomic E-state index is 14.4. The van der Waals surface area contributed by atoms with Gasteiger partial charge in [-0.1, -0.05) is 17.8 Å². The number of anilines is 1. The van der Waals surface area contributed by atoms with Gasteiger partial charge in [-0.05, 0) is 13.8 Å². The molecule has 106 heavy (non-hydrogen) atoms. The van der Waals surface area contributed by atoms with E-state index in [-0.39, 0.29) is 61.8 Å². The number of nitrogen functional groups attached to an aromatic ring is 1. The highest BCUT2D eigenvalue weighted by atomic mass is 19.2. The lowest BCUT2D eigenvalue weighted by Gasteiger charge is -2.24. The minimum absolute atomic E-state index is 0.00463. The lowest BCUT2D eigenvalue weighted by molar-refractivity contribution is -0.115. The first kappa shape index (κ1) is 76.4. The summed E-state index contributed by atoms with van der Waals surface area (Å²) in [6.07, 6.45) is -2.74. The number of terminal acetylenes is 3. The van der Waals surface area contributed by atoms with Crippen molar-refractivity contribution >= 4 is 61.8 Å². The van der Waals surface area contributed by atoms with Crippen LogP contribution in [0.4, 0.5) is 41.1 Å². The number of alkyl halides is 5.